The molecule has 0 radical (unpaired) electrons. The molecule has 158 valence electrons. The van der Waals surface area contributed by atoms with E-state index in [0.717, 1.165) is 27.8 Å². The maximum Gasteiger partial charge on any atom is 0.315 e. The highest BCUT2D eigenvalue weighted by Gasteiger charge is 2.33. The normalized spacial score (nSPS) is 14.4. The summed E-state index contributed by atoms with van der Waals surface area (Å²) in [6.07, 6.45) is -0.317. The molecule has 2 atom stereocenters. The molecule has 0 unspecified atom stereocenters. The van der Waals surface area contributed by atoms with Gasteiger partial charge in [0.05, 0.1) is 12.3 Å². The predicted octanol–water partition coefficient (Wildman–Crippen LogP) is 4.24. The third kappa shape index (κ3) is 4.23. The van der Waals surface area contributed by atoms with Gasteiger partial charge in [-0.25, -0.2) is 0 Å². The number of carboxylic acids is 1. The Morgan fingerprint density at radius 2 is 1.48 bits per heavy atom. The van der Waals surface area contributed by atoms with Crippen molar-refractivity contribution in [2.45, 2.75) is 31.2 Å². The van der Waals surface area contributed by atoms with Gasteiger partial charge in [0.2, 0.25) is 0 Å². The Balaban J connectivity index is 1.58. The summed E-state index contributed by atoms with van der Waals surface area (Å²) in [6, 6.07) is 22.7. The van der Waals surface area contributed by atoms with E-state index in [9.17, 15) is 14.7 Å². The lowest BCUT2D eigenvalue weighted by Crippen LogP contribution is -2.37. The summed E-state index contributed by atoms with van der Waals surface area (Å²) in [7, 11) is 0. The van der Waals surface area contributed by atoms with Crippen LogP contribution in [0.5, 0.6) is 0 Å². The van der Waals surface area contributed by atoms with Gasteiger partial charge in [-0.2, -0.15) is 0 Å². The summed E-state index contributed by atoms with van der Waals surface area (Å²) in [4.78, 5) is 24.4. The second kappa shape index (κ2) is 8.74. The van der Waals surface area contributed by atoms with Crippen molar-refractivity contribution in [3.05, 3.63) is 95.1 Å². The fourth-order valence-corrected chi connectivity index (χ4v) is 4.35. The number of benzene rings is 3. The molecule has 0 saturated carbocycles. The first kappa shape index (κ1) is 20.8. The van der Waals surface area contributed by atoms with Gasteiger partial charge in [-0.15, -0.1) is 0 Å². The molecule has 0 spiro atoms. The summed E-state index contributed by atoms with van der Waals surface area (Å²) in [6.45, 7) is 2.12. The van der Waals surface area contributed by atoms with Gasteiger partial charge in [-0.05, 0) is 34.7 Å². The zero-order valence-corrected chi connectivity index (χ0v) is 17.3. The molecule has 0 saturated heterocycles. The molecule has 0 aliphatic heterocycles. The first-order chi connectivity index (χ1) is 15.0. The molecular formula is C26H25NO4. The van der Waals surface area contributed by atoms with Crippen LogP contribution in [0.2, 0.25) is 0 Å². The molecule has 0 bridgehead atoms. The second-order valence-corrected chi connectivity index (χ2v) is 8.01. The van der Waals surface area contributed by atoms with Gasteiger partial charge in [-0.3, -0.25) is 9.59 Å². The number of esters is 1. The van der Waals surface area contributed by atoms with Gasteiger partial charge < -0.3 is 15.6 Å². The fourth-order valence-electron chi connectivity index (χ4n) is 4.35. The van der Waals surface area contributed by atoms with E-state index in [2.05, 4.69) is 24.3 Å². The third-order valence-electron chi connectivity index (χ3n) is 5.88. The minimum absolute atomic E-state index is 0.0642. The lowest BCUT2D eigenvalue weighted by molar-refractivity contribution is -0.146. The number of aliphatic carboxylic acids is 1. The average molecular weight is 415 g/mol. The maximum atomic E-state index is 13.1. The van der Waals surface area contributed by atoms with Crippen molar-refractivity contribution in [2.24, 2.45) is 5.73 Å². The van der Waals surface area contributed by atoms with E-state index in [1.54, 1.807) is 0 Å². The number of fused-ring (bicyclic) bond motifs is 3. The molecule has 0 heterocycles. The van der Waals surface area contributed by atoms with Crippen molar-refractivity contribution in [1.82, 2.24) is 0 Å². The van der Waals surface area contributed by atoms with Gasteiger partial charge >= 0.3 is 11.9 Å². The summed E-state index contributed by atoms with van der Waals surface area (Å²) in [5, 5.41) is 9.19. The van der Waals surface area contributed by atoms with Crippen LogP contribution in [0.4, 0.5) is 0 Å². The molecule has 3 aromatic rings. The number of carbonyl (C=O) groups excluding carboxylic acids is 1. The smallest absolute Gasteiger partial charge is 0.315 e. The standard InChI is InChI=1S/C26H25NO4/c1-16-10-12-17(13-11-16)25(23(27)14-24(28)29)26(30)31-15-22-20-8-4-2-6-18(20)19-7-3-5-9-21(19)22/h2-13,22-23,25H,14-15,27H2,1H3,(H,28,29)/t23-,25-/m1/s1. The van der Waals surface area contributed by atoms with Crippen LogP contribution >= 0.6 is 0 Å². The van der Waals surface area contributed by atoms with Crippen molar-refractivity contribution in [3.63, 3.8) is 0 Å². The van der Waals surface area contributed by atoms with Crippen LogP contribution in [-0.2, 0) is 14.3 Å². The number of carbonyl (C=O) groups is 2. The van der Waals surface area contributed by atoms with E-state index in [0.29, 0.717) is 5.56 Å². The lowest BCUT2D eigenvalue weighted by Gasteiger charge is -2.23. The Kier molecular flexibility index (Phi) is 5.87. The highest BCUT2D eigenvalue weighted by molar-refractivity contribution is 5.82. The maximum absolute atomic E-state index is 13.1. The van der Waals surface area contributed by atoms with Crippen molar-refractivity contribution >= 4 is 11.9 Å². The Hall–Kier alpha value is -3.44. The Morgan fingerprint density at radius 3 is 2.03 bits per heavy atom. The fraction of sp³-hybridized carbons (Fsp3) is 0.231. The van der Waals surface area contributed by atoms with Gasteiger partial charge in [0.15, 0.2) is 0 Å². The number of hydrogen-bond acceptors (Lipinski definition) is 4. The molecule has 3 aromatic carbocycles. The van der Waals surface area contributed by atoms with E-state index < -0.39 is 23.9 Å². The second-order valence-electron chi connectivity index (χ2n) is 8.01. The van der Waals surface area contributed by atoms with E-state index in [1.165, 1.54) is 0 Å². The molecular weight excluding hydrogens is 390 g/mol. The summed E-state index contributed by atoms with van der Waals surface area (Å²) in [5.41, 5.74) is 12.4. The van der Waals surface area contributed by atoms with Crippen molar-refractivity contribution in [1.29, 1.82) is 0 Å². The Bertz CT molecular complexity index is 1060. The van der Waals surface area contributed by atoms with E-state index >= 15 is 0 Å². The van der Waals surface area contributed by atoms with Crippen LogP contribution in [0.1, 0.15) is 40.5 Å². The van der Waals surface area contributed by atoms with Crippen molar-refractivity contribution < 1.29 is 19.4 Å². The van der Waals surface area contributed by atoms with Crippen LogP contribution in [0.25, 0.3) is 11.1 Å². The minimum Gasteiger partial charge on any atom is -0.481 e. The zero-order valence-electron chi connectivity index (χ0n) is 17.3. The first-order valence-electron chi connectivity index (χ1n) is 10.3. The number of hydrogen-bond donors (Lipinski definition) is 2. The van der Waals surface area contributed by atoms with Crippen LogP contribution in [0.15, 0.2) is 72.8 Å². The number of carboxylic acid groups (broad SMARTS) is 1. The summed E-state index contributed by atoms with van der Waals surface area (Å²) >= 11 is 0. The zero-order chi connectivity index (χ0) is 22.0. The van der Waals surface area contributed by atoms with Crippen LogP contribution < -0.4 is 5.73 Å². The lowest BCUT2D eigenvalue weighted by atomic mass is 9.89. The minimum atomic E-state index is -1.05. The number of nitrogens with two attached hydrogens (primary N) is 1. The largest absolute Gasteiger partial charge is 0.481 e. The highest BCUT2D eigenvalue weighted by atomic mass is 16.5. The van der Waals surface area contributed by atoms with Crippen molar-refractivity contribution in [3.8, 4) is 11.1 Å². The van der Waals surface area contributed by atoms with Crippen LogP contribution in [0.3, 0.4) is 0 Å². The van der Waals surface area contributed by atoms with Gasteiger partial charge in [0.1, 0.15) is 6.61 Å². The number of rotatable bonds is 7. The first-order valence-corrected chi connectivity index (χ1v) is 10.3. The average Bonchev–Trinajstić information content (AvgIpc) is 3.07. The SMILES string of the molecule is Cc1ccc([C@@H](C(=O)OCC2c3ccccc3-c3ccccc32)[C@H](N)CC(=O)O)cc1. The van der Waals surface area contributed by atoms with E-state index in [4.69, 9.17) is 10.5 Å². The Labute approximate surface area is 181 Å². The van der Waals surface area contributed by atoms with Crippen LogP contribution in [0, 0.1) is 6.92 Å². The molecule has 0 aromatic heterocycles. The summed E-state index contributed by atoms with van der Waals surface area (Å²) in [5.74, 6) is -2.45. The van der Waals surface area contributed by atoms with E-state index in [-0.39, 0.29) is 18.9 Å². The number of ether oxygens (including phenoxy) is 1. The molecule has 1 aliphatic carbocycles. The monoisotopic (exact) mass is 415 g/mol. The number of aryl methyl sites for hydroxylation is 1. The third-order valence-corrected chi connectivity index (χ3v) is 5.88. The van der Waals surface area contributed by atoms with E-state index in [1.807, 2.05) is 55.5 Å². The molecule has 0 amide bonds. The van der Waals surface area contributed by atoms with Crippen LogP contribution in [-0.4, -0.2) is 29.7 Å². The molecule has 3 N–H and O–H groups in total. The molecule has 4 rings (SSSR count). The molecule has 31 heavy (non-hydrogen) atoms. The molecule has 5 nitrogen and oxygen atoms in total. The van der Waals surface area contributed by atoms with Crippen molar-refractivity contribution in [2.75, 3.05) is 6.61 Å². The highest BCUT2D eigenvalue weighted by Crippen LogP contribution is 2.44. The van der Waals surface area contributed by atoms with Gasteiger partial charge in [-0.1, -0.05) is 78.4 Å². The quantitative estimate of drug-likeness (QED) is 0.564. The Morgan fingerprint density at radius 1 is 0.935 bits per heavy atom. The van der Waals surface area contributed by atoms with Gasteiger partial charge in [0, 0.05) is 12.0 Å². The topological polar surface area (TPSA) is 89.6 Å². The molecule has 1 aliphatic rings. The molecule has 0 fully saturated rings. The predicted molar refractivity (Wildman–Crippen MR) is 119 cm³/mol. The summed E-state index contributed by atoms with van der Waals surface area (Å²) < 4.78 is 5.78. The van der Waals surface area contributed by atoms with Gasteiger partial charge in [0.25, 0.3) is 0 Å². The molecule has 5 heteroatoms.